The lowest BCUT2D eigenvalue weighted by molar-refractivity contribution is 0.257. The Hall–Kier alpha value is -0.580. The van der Waals surface area contributed by atoms with E-state index < -0.39 is 0 Å². The number of hydrogen-bond acceptors (Lipinski definition) is 3. The standard InChI is InChI=1S/C14H25ClN4/c1-4-12-14(15)13(19(5-2)17-12)10-18-8-6-7-16-11(3)9-18/h11,16H,4-10H2,1-3H3. The van der Waals surface area contributed by atoms with Crippen molar-refractivity contribution in [2.75, 3.05) is 19.6 Å². The highest BCUT2D eigenvalue weighted by Crippen LogP contribution is 2.23. The molecule has 19 heavy (non-hydrogen) atoms. The summed E-state index contributed by atoms with van der Waals surface area (Å²) in [5, 5.41) is 8.99. The first-order valence-corrected chi connectivity index (χ1v) is 7.73. The van der Waals surface area contributed by atoms with Crippen molar-refractivity contribution in [1.29, 1.82) is 0 Å². The van der Waals surface area contributed by atoms with Gasteiger partial charge in [-0.1, -0.05) is 18.5 Å². The van der Waals surface area contributed by atoms with E-state index in [-0.39, 0.29) is 0 Å². The van der Waals surface area contributed by atoms with Crippen molar-refractivity contribution >= 4 is 11.6 Å². The molecule has 0 radical (unpaired) electrons. The van der Waals surface area contributed by atoms with Crippen LogP contribution in [0.4, 0.5) is 0 Å². The molecule has 2 heterocycles. The summed E-state index contributed by atoms with van der Waals surface area (Å²) in [6, 6.07) is 0.546. The molecule has 1 N–H and O–H groups in total. The van der Waals surface area contributed by atoms with Gasteiger partial charge in [0.15, 0.2) is 0 Å². The molecule has 0 amide bonds. The number of halogens is 1. The zero-order valence-corrected chi connectivity index (χ0v) is 13.0. The Morgan fingerprint density at radius 2 is 2.21 bits per heavy atom. The third-order valence-electron chi connectivity index (χ3n) is 3.74. The molecule has 2 rings (SSSR count). The number of hydrogen-bond donors (Lipinski definition) is 1. The van der Waals surface area contributed by atoms with E-state index in [1.165, 1.54) is 12.1 Å². The molecule has 0 spiro atoms. The molecule has 0 aliphatic carbocycles. The van der Waals surface area contributed by atoms with E-state index in [1.807, 2.05) is 0 Å². The van der Waals surface area contributed by atoms with E-state index in [9.17, 15) is 0 Å². The second-order valence-electron chi connectivity index (χ2n) is 5.32. The summed E-state index contributed by atoms with van der Waals surface area (Å²) in [7, 11) is 0. The van der Waals surface area contributed by atoms with Crippen LogP contribution in [0.5, 0.6) is 0 Å². The van der Waals surface area contributed by atoms with Crippen LogP contribution in [0.25, 0.3) is 0 Å². The summed E-state index contributed by atoms with van der Waals surface area (Å²) in [4.78, 5) is 2.49. The number of rotatable bonds is 4. The van der Waals surface area contributed by atoms with E-state index in [0.29, 0.717) is 6.04 Å². The Morgan fingerprint density at radius 3 is 2.89 bits per heavy atom. The first kappa shape index (κ1) is 14.8. The fraction of sp³-hybridized carbons (Fsp3) is 0.786. The molecular weight excluding hydrogens is 260 g/mol. The highest BCUT2D eigenvalue weighted by molar-refractivity contribution is 6.31. The van der Waals surface area contributed by atoms with E-state index in [4.69, 9.17) is 11.6 Å². The van der Waals surface area contributed by atoms with Gasteiger partial charge in [-0.05, 0) is 39.8 Å². The van der Waals surface area contributed by atoms with Crippen molar-refractivity contribution in [3.05, 3.63) is 16.4 Å². The van der Waals surface area contributed by atoms with Crippen LogP contribution in [0, 0.1) is 0 Å². The van der Waals surface area contributed by atoms with Crippen LogP contribution in [0.15, 0.2) is 0 Å². The minimum atomic E-state index is 0.546. The molecular formula is C14H25ClN4. The van der Waals surface area contributed by atoms with E-state index in [1.54, 1.807) is 0 Å². The molecule has 1 saturated heterocycles. The molecule has 1 atom stereocenters. The van der Waals surface area contributed by atoms with Crippen LogP contribution in [0.3, 0.4) is 0 Å². The summed E-state index contributed by atoms with van der Waals surface area (Å²) in [6.07, 6.45) is 2.10. The van der Waals surface area contributed by atoms with Gasteiger partial charge in [0.25, 0.3) is 0 Å². The zero-order chi connectivity index (χ0) is 13.8. The van der Waals surface area contributed by atoms with Crippen LogP contribution >= 0.6 is 11.6 Å². The minimum absolute atomic E-state index is 0.546. The van der Waals surface area contributed by atoms with Gasteiger partial charge in [-0.25, -0.2) is 0 Å². The van der Waals surface area contributed by atoms with Gasteiger partial charge in [0.2, 0.25) is 0 Å². The van der Waals surface area contributed by atoms with Crippen LogP contribution in [-0.2, 0) is 19.5 Å². The maximum absolute atomic E-state index is 6.48. The summed E-state index contributed by atoms with van der Waals surface area (Å²) < 4.78 is 2.06. The van der Waals surface area contributed by atoms with E-state index in [0.717, 1.165) is 49.9 Å². The number of aromatic nitrogens is 2. The molecule has 1 aliphatic heterocycles. The summed E-state index contributed by atoms with van der Waals surface area (Å²) in [5.41, 5.74) is 2.20. The molecule has 108 valence electrons. The molecule has 1 aromatic rings. The lowest BCUT2D eigenvalue weighted by Crippen LogP contribution is -2.35. The van der Waals surface area contributed by atoms with Gasteiger partial charge in [0, 0.05) is 25.7 Å². The first-order valence-electron chi connectivity index (χ1n) is 7.35. The van der Waals surface area contributed by atoms with Gasteiger partial charge >= 0.3 is 0 Å². The largest absolute Gasteiger partial charge is 0.313 e. The van der Waals surface area contributed by atoms with Crippen LogP contribution in [0.2, 0.25) is 5.02 Å². The normalized spacial score (nSPS) is 21.6. The number of nitrogens with zero attached hydrogens (tertiary/aromatic N) is 3. The smallest absolute Gasteiger partial charge is 0.0863 e. The average Bonchev–Trinajstić information content (AvgIpc) is 2.57. The highest BCUT2D eigenvalue weighted by Gasteiger charge is 2.19. The minimum Gasteiger partial charge on any atom is -0.313 e. The molecule has 1 aliphatic rings. The first-order chi connectivity index (χ1) is 9.15. The monoisotopic (exact) mass is 284 g/mol. The Labute approximate surface area is 121 Å². The lowest BCUT2D eigenvalue weighted by Gasteiger charge is -2.22. The molecule has 4 nitrogen and oxygen atoms in total. The zero-order valence-electron chi connectivity index (χ0n) is 12.2. The molecule has 0 bridgehead atoms. The van der Waals surface area contributed by atoms with Gasteiger partial charge in [-0.2, -0.15) is 5.10 Å². The van der Waals surface area contributed by atoms with E-state index >= 15 is 0 Å². The molecule has 1 unspecified atom stereocenters. The van der Waals surface area contributed by atoms with Crippen molar-refractivity contribution in [2.45, 2.75) is 52.7 Å². The van der Waals surface area contributed by atoms with Crippen LogP contribution in [-0.4, -0.2) is 40.4 Å². The Balaban J connectivity index is 2.15. The second kappa shape index (κ2) is 6.73. The van der Waals surface area contributed by atoms with Crippen molar-refractivity contribution < 1.29 is 0 Å². The van der Waals surface area contributed by atoms with Gasteiger partial charge < -0.3 is 5.32 Å². The molecule has 1 fully saturated rings. The van der Waals surface area contributed by atoms with Crippen LogP contribution in [0.1, 0.15) is 38.6 Å². The Morgan fingerprint density at radius 1 is 1.42 bits per heavy atom. The van der Waals surface area contributed by atoms with Crippen molar-refractivity contribution in [2.24, 2.45) is 0 Å². The summed E-state index contributed by atoms with van der Waals surface area (Å²) in [6.45, 7) is 11.6. The predicted octanol–water partition coefficient (Wildman–Crippen LogP) is 2.30. The lowest BCUT2D eigenvalue weighted by atomic mass is 10.2. The third kappa shape index (κ3) is 3.50. The topological polar surface area (TPSA) is 33.1 Å². The third-order valence-corrected chi connectivity index (χ3v) is 4.18. The van der Waals surface area contributed by atoms with Gasteiger partial charge in [-0.15, -0.1) is 0 Å². The fourth-order valence-electron chi connectivity index (χ4n) is 2.72. The number of nitrogens with one attached hydrogen (secondary N) is 1. The van der Waals surface area contributed by atoms with Crippen molar-refractivity contribution in [1.82, 2.24) is 20.0 Å². The Kier molecular flexibility index (Phi) is 5.25. The maximum Gasteiger partial charge on any atom is 0.0863 e. The van der Waals surface area contributed by atoms with Gasteiger partial charge in [-0.3, -0.25) is 9.58 Å². The molecule has 1 aromatic heterocycles. The molecule has 0 saturated carbocycles. The highest BCUT2D eigenvalue weighted by atomic mass is 35.5. The maximum atomic E-state index is 6.48. The van der Waals surface area contributed by atoms with Gasteiger partial charge in [0.05, 0.1) is 16.4 Å². The van der Waals surface area contributed by atoms with Gasteiger partial charge in [0.1, 0.15) is 0 Å². The summed E-state index contributed by atoms with van der Waals surface area (Å²) in [5.74, 6) is 0. The fourth-order valence-corrected chi connectivity index (χ4v) is 3.05. The van der Waals surface area contributed by atoms with Crippen molar-refractivity contribution in [3.8, 4) is 0 Å². The van der Waals surface area contributed by atoms with Crippen molar-refractivity contribution in [3.63, 3.8) is 0 Å². The van der Waals surface area contributed by atoms with E-state index in [2.05, 4.69) is 40.8 Å². The molecule has 5 heteroatoms. The van der Waals surface area contributed by atoms with Crippen LogP contribution < -0.4 is 5.32 Å². The second-order valence-corrected chi connectivity index (χ2v) is 5.70. The Bertz CT molecular complexity index is 416. The number of aryl methyl sites for hydroxylation is 2. The predicted molar refractivity (Wildman–Crippen MR) is 79.6 cm³/mol. The quantitative estimate of drug-likeness (QED) is 0.921. The molecule has 0 aromatic carbocycles. The summed E-state index contributed by atoms with van der Waals surface area (Å²) >= 11 is 6.48. The SMILES string of the molecule is CCc1nn(CC)c(CN2CCCNC(C)C2)c1Cl. The average molecular weight is 285 g/mol.